The van der Waals surface area contributed by atoms with Crippen molar-refractivity contribution in [3.05, 3.63) is 29.3 Å². The summed E-state index contributed by atoms with van der Waals surface area (Å²) in [5.74, 6) is -0.608. The number of carbonyl (C=O) groups excluding carboxylic acids is 1. The Hall–Kier alpha value is -1.95. The lowest BCUT2D eigenvalue weighted by atomic mass is 9.99. The fourth-order valence-electron chi connectivity index (χ4n) is 3.12. The van der Waals surface area contributed by atoms with Crippen LogP contribution in [0, 0.1) is 12.8 Å². The van der Waals surface area contributed by atoms with E-state index in [4.69, 9.17) is 0 Å². The molecule has 1 N–H and O–H groups in total. The van der Waals surface area contributed by atoms with E-state index in [1.54, 1.807) is 24.4 Å². The van der Waals surface area contributed by atoms with Crippen LogP contribution in [0.1, 0.15) is 17.7 Å². The number of hydrogen-bond donors (Lipinski definition) is 1. The fourth-order valence-corrected chi connectivity index (χ4v) is 6.07. The molecule has 2 aromatic heterocycles. The lowest BCUT2D eigenvalue weighted by Crippen LogP contribution is -2.43. The third-order valence-corrected chi connectivity index (χ3v) is 7.74. The minimum absolute atomic E-state index is 0.144. The normalized spacial score (nSPS) is 18.6. The van der Waals surface area contributed by atoms with Gasteiger partial charge in [-0.25, -0.2) is 13.4 Å². The lowest BCUT2D eigenvalue weighted by molar-refractivity contribution is -0.120. The van der Waals surface area contributed by atoms with Crippen molar-refractivity contribution in [2.24, 2.45) is 5.92 Å². The number of nitrogens with one attached hydrogen (secondary N) is 1. The first-order valence-corrected chi connectivity index (χ1v) is 11.4. The van der Waals surface area contributed by atoms with Gasteiger partial charge in [0, 0.05) is 24.2 Å². The van der Waals surface area contributed by atoms with Gasteiger partial charge in [-0.05, 0) is 31.9 Å². The molecule has 4 rings (SSSR count). The summed E-state index contributed by atoms with van der Waals surface area (Å²) in [5.41, 5.74) is 0.943. The van der Waals surface area contributed by atoms with Crippen LogP contribution in [0.4, 0.5) is 5.13 Å². The number of nitrogens with zero attached hydrogens (tertiary/aromatic N) is 4. The molecule has 0 aliphatic carbocycles. The number of hydrogen-bond acceptors (Lipinski definition) is 8. The van der Waals surface area contributed by atoms with E-state index < -0.39 is 15.9 Å². The van der Waals surface area contributed by atoms with E-state index in [0.717, 1.165) is 16.6 Å². The number of anilines is 1. The number of carbonyl (C=O) groups is 1. The molecule has 8 nitrogen and oxygen atoms in total. The molecule has 1 aromatic carbocycles. The van der Waals surface area contributed by atoms with E-state index in [1.807, 2.05) is 6.92 Å². The zero-order valence-electron chi connectivity index (χ0n) is 14.5. The van der Waals surface area contributed by atoms with Crippen LogP contribution in [0.3, 0.4) is 0 Å². The van der Waals surface area contributed by atoms with Crippen LogP contribution >= 0.6 is 23.1 Å². The monoisotopic (exact) mass is 423 g/mol. The Kier molecular flexibility index (Phi) is 4.93. The van der Waals surface area contributed by atoms with E-state index in [2.05, 4.69) is 19.0 Å². The van der Waals surface area contributed by atoms with Crippen molar-refractivity contribution in [3.8, 4) is 0 Å². The van der Waals surface area contributed by atoms with E-state index in [9.17, 15) is 13.2 Å². The number of rotatable bonds is 4. The van der Waals surface area contributed by atoms with E-state index >= 15 is 0 Å². The molecule has 142 valence electrons. The quantitative estimate of drug-likeness (QED) is 0.691. The van der Waals surface area contributed by atoms with Gasteiger partial charge < -0.3 is 5.32 Å². The van der Waals surface area contributed by atoms with E-state index in [-0.39, 0.29) is 17.3 Å². The minimum Gasteiger partial charge on any atom is -0.302 e. The Morgan fingerprint density at radius 1 is 1.33 bits per heavy atom. The Morgan fingerprint density at radius 2 is 2.19 bits per heavy atom. The maximum Gasteiger partial charge on any atom is 0.245 e. The van der Waals surface area contributed by atoms with Crippen LogP contribution in [-0.4, -0.2) is 45.5 Å². The molecule has 1 amide bonds. The average Bonchev–Trinajstić information content (AvgIpc) is 3.30. The van der Waals surface area contributed by atoms with Gasteiger partial charge in [0.15, 0.2) is 5.13 Å². The highest BCUT2D eigenvalue weighted by molar-refractivity contribution is 7.89. The van der Waals surface area contributed by atoms with Gasteiger partial charge >= 0.3 is 0 Å². The van der Waals surface area contributed by atoms with Gasteiger partial charge in [-0.3, -0.25) is 4.79 Å². The summed E-state index contributed by atoms with van der Waals surface area (Å²) in [4.78, 5) is 17.9. The van der Waals surface area contributed by atoms with Gasteiger partial charge in [0.2, 0.25) is 15.9 Å². The van der Waals surface area contributed by atoms with Gasteiger partial charge in [0.1, 0.15) is 15.9 Å². The van der Waals surface area contributed by atoms with Crippen molar-refractivity contribution in [1.29, 1.82) is 0 Å². The van der Waals surface area contributed by atoms with Crippen LogP contribution in [-0.2, 0) is 14.8 Å². The molecule has 3 aromatic rings. The molecule has 1 aliphatic rings. The zero-order valence-corrected chi connectivity index (χ0v) is 16.9. The largest absolute Gasteiger partial charge is 0.302 e. The highest BCUT2D eigenvalue weighted by atomic mass is 32.2. The molecule has 0 bridgehead atoms. The Bertz CT molecular complexity index is 1090. The summed E-state index contributed by atoms with van der Waals surface area (Å²) in [6.07, 6.45) is 2.96. The smallest absolute Gasteiger partial charge is 0.245 e. The third-order valence-electron chi connectivity index (χ3n) is 4.47. The predicted molar refractivity (Wildman–Crippen MR) is 104 cm³/mol. The lowest BCUT2D eigenvalue weighted by Gasteiger charge is -2.31. The highest BCUT2D eigenvalue weighted by Gasteiger charge is 2.34. The third kappa shape index (κ3) is 3.59. The van der Waals surface area contributed by atoms with Crippen molar-refractivity contribution >= 4 is 55.2 Å². The average molecular weight is 424 g/mol. The second-order valence-electron chi connectivity index (χ2n) is 6.36. The van der Waals surface area contributed by atoms with Crippen molar-refractivity contribution in [3.63, 3.8) is 0 Å². The molecule has 0 radical (unpaired) electrons. The molecule has 1 saturated heterocycles. The standard InChI is InChI=1S/C16H17N5O3S3/c1-10-8-17-16(25-10)18-15(22)11-4-3-7-21(9-11)27(23,24)13-6-2-5-12-14(13)20-26-19-12/h2,5-6,8,11H,3-4,7,9H2,1H3,(H,17,18,22)/t11-/m1/s1. The van der Waals surface area contributed by atoms with Crippen molar-refractivity contribution in [1.82, 2.24) is 18.0 Å². The van der Waals surface area contributed by atoms with Crippen molar-refractivity contribution < 1.29 is 13.2 Å². The summed E-state index contributed by atoms with van der Waals surface area (Å²) in [6, 6.07) is 4.94. The number of fused-ring (bicyclic) bond motifs is 1. The predicted octanol–water partition coefficient (Wildman–Crippen LogP) is 2.50. The summed E-state index contributed by atoms with van der Waals surface area (Å²) in [5, 5.41) is 3.33. The van der Waals surface area contributed by atoms with Gasteiger partial charge in [-0.2, -0.15) is 13.1 Å². The highest BCUT2D eigenvalue weighted by Crippen LogP contribution is 2.29. The number of amides is 1. The summed E-state index contributed by atoms with van der Waals surface area (Å²) >= 11 is 2.38. The summed E-state index contributed by atoms with van der Waals surface area (Å²) < 4.78 is 35.9. The molecule has 27 heavy (non-hydrogen) atoms. The molecule has 3 heterocycles. The Balaban J connectivity index is 1.55. The summed E-state index contributed by atoms with van der Waals surface area (Å²) in [6.45, 7) is 2.44. The molecule has 11 heteroatoms. The molecule has 0 unspecified atom stereocenters. The van der Waals surface area contributed by atoms with E-state index in [1.165, 1.54) is 15.6 Å². The minimum atomic E-state index is -3.75. The number of aromatic nitrogens is 3. The van der Waals surface area contributed by atoms with Gasteiger partial charge in [0.25, 0.3) is 0 Å². The van der Waals surface area contributed by atoms with Crippen LogP contribution < -0.4 is 5.32 Å². The first-order chi connectivity index (χ1) is 12.9. The number of aryl methyl sites for hydroxylation is 1. The molecule has 1 aliphatic heterocycles. The number of piperidine rings is 1. The van der Waals surface area contributed by atoms with Crippen molar-refractivity contribution in [2.75, 3.05) is 18.4 Å². The topological polar surface area (TPSA) is 105 Å². The van der Waals surface area contributed by atoms with Crippen LogP contribution in [0.2, 0.25) is 0 Å². The SMILES string of the molecule is Cc1cnc(NC(=O)[C@@H]2CCCN(S(=O)(=O)c3cccc4nsnc34)C2)s1. The second-order valence-corrected chi connectivity index (χ2v) is 10.0. The Morgan fingerprint density at radius 3 is 2.96 bits per heavy atom. The number of thiazole rings is 1. The molecule has 1 atom stereocenters. The van der Waals surface area contributed by atoms with Crippen LogP contribution in [0.15, 0.2) is 29.3 Å². The Labute approximate surface area is 164 Å². The second kappa shape index (κ2) is 7.23. The van der Waals surface area contributed by atoms with Crippen LogP contribution in [0.5, 0.6) is 0 Å². The van der Waals surface area contributed by atoms with Gasteiger partial charge in [-0.15, -0.1) is 11.3 Å². The maximum absolute atomic E-state index is 13.1. The fraction of sp³-hybridized carbons (Fsp3) is 0.375. The molecule has 0 spiro atoms. The molecule has 1 fully saturated rings. The van der Waals surface area contributed by atoms with Gasteiger partial charge in [-0.1, -0.05) is 6.07 Å². The maximum atomic E-state index is 13.1. The zero-order chi connectivity index (χ0) is 19.0. The first-order valence-electron chi connectivity index (χ1n) is 8.40. The van der Waals surface area contributed by atoms with E-state index in [0.29, 0.717) is 35.6 Å². The number of benzene rings is 1. The first kappa shape index (κ1) is 18.4. The number of sulfonamides is 1. The van der Waals surface area contributed by atoms with Gasteiger partial charge in [0.05, 0.1) is 17.6 Å². The molecular weight excluding hydrogens is 406 g/mol. The molecular formula is C16H17N5O3S3. The summed E-state index contributed by atoms with van der Waals surface area (Å²) in [7, 11) is -3.75. The van der Waals surface area contributed by atoms with Crippen LogP contribution in [0.25, 0.3) is 11.0 Å². The van der Waals surface area contributed by atoms with Crippen molar-refractivity contribution in [2.45, 2.75) is 24.7 Å². The molecule has 0 saturated carbocycles.